The first kappa shape index (κ1) is 24.0. The van der Waals surface area contributed by atoms with Crippen molar-refractivity contribution in [2.75, 3.05) is 6.61 Å². The lowest BCUT2D eigenvalue weighted by Crippen LogP contribution is -2.62. The van der Waals surface area contributed by atoms with Gasteiger partial charge in [-0.25, -0.2) is 18.4 Å². The summed E-state index contributed by atoms with van der Waals surface area (Å²) in [4.78, 5) is 24.8. The van der Waals surface area contributed by atoms with Crippen LogP contribution in [0.5, 0.6) is 0 Å². The van der Waals surface area contributed by atoms with Crippen LogP contribution in [0, 0.1) is 0 Å². The van der Waals surface area contributed by atoms with Gasteiger partial charge in [-0.2, -0.15) is 0 Å². The van der Waals surface area contributed by atoms with E-state index in [1.807, 2.05) is 48.5 Å². The number of alkyl halides is 2. The Morgan fingerprint density at radius 1 is 0.971 bits per heavy atom. The van der Waals surface area contributed by atoms with E-state index in [0.29, 0.717) is 6.42 Å². The van der Waals surface area contributed by atoms with Crippen molar-refractivity contribution >= 4 is 12.2 Å². The number of halogens is 2. The Bertz CT molecular complexity index is 1020. The van der Waals surface area contributed by atoms with Crippen LogP contribution < -0.4 is 10.6 Å². The van der Waals surface area contributed by atoms with E-state index in [9.17, 15) is 18.4 Å². The van der Waals surface area contributed by atoms with Crippen LogP contribution in [0.3, 0.4) is 0 Å². The monoisotopic (exact) mass is 472 g/mol. The maximum absolute atomic E-state index is 14.7. The molecule has 2 aliphatic rings. The molecule has 1 fully saturated rings. The molecule has 34 heavy (non-hydrogen) atoms. The zero-order valence-electron chi connectivity index (χ0n) is 19.6. The number of nitrogens with one attached hydrogen (secondary N) is 2. The highest BCUT2D eigenvalue weighted by Crippen LogP contribution is 2.44. The van der Waals surface area contributed by atoms with Crippen molar-refractivity contribution in [1.82, 2.24) is 10.6 Å². The molecule has 2 atom stereocenters. The van der Waals surface area contributed by atoms with Gasteiger partial charge in [-0.1, -0.05) is 48.5 Å². The van der Waals surface area contributed by atoms with Crippen molar-refractivity contribution in [3.8, 4) is 11.1 Å². The van der Waals surface area contributed by atoms with Crippen molar-refractivity contribution in [3.63, 3.8) is 0 Å². The molecule has 182 valence electrons. The maximum Gasteiger partial charge on any atom is 0.407 e. The third kappa shape index (κ3) is 5.16. The van der Waals surface area contributed by atoms with E-state index in [4.69, 9.17) is 9.47 Å². The van der Waals surface area contributed by atoms with Gasteiger partial charge in [0.25, 0.3) is 5.92 Å². The fourth-order valence-electron chi connectivity index (χ4n) is 4.76. The number of hydrogen-bond acceptors (Lipinski definition) is 4. The fourth-order valence-corrected chi connectivity index (χ4v) is 4.76. The molecule has 4 rings (SSSR count). The lowest BCUT2D eigenvalue weighted by molar-refractivity contribution is -0.0739. The number of carbonyl (C=O) groups excluding carboxylic acids is 2. The molecule has 0 unspecified atom stereocenters. The lowest BCUT2D eigenvalue weighted by atomic mass is 9.87. The smallest absolute Gasteiger partial charge is 0.407 e. The summed E-state index contributed by atoms with van der Waals surface area (Å²) in [6.07, 6.45) is -1.60. The minimum absolute atomic E-state index is 0.0162. The first-order valence-corrected chi connectivity index (χ1v) is 11.5. The summed E-state index contributed by atoms with van der Waals surface area (Å²) >= 11 is 0. The Labute approximate surface area is 198 Å². The first-order valence-electron chi connectivity index (χ1n) is 11.5. The highest BCUT2D eigenvalue weighted by molar-refractivity contribution is 5.79. The molecular weight excluding hydrogens is 442 g/mol. The zero-order valence-corrected chi connectivity index (χ0v) is 19.6. The van der Waals surface area contributed by atoms with Crippen molar-refractivity contribution in [2.45, 2.75) is 69.6 Å². The van der Waals surface area contributed by atoms with Crippen LogP contribution in [0.25, 0.3) is 11.1 Å². The zero-order chi connectivity index (χ0) is 24.5. The molecule has 2 amide bonds. The van der Waals surface area contributed by atoms with Crippen molar-refractivity contribution < 1.29 is 27.8 Å². The van der Waals surface area contributed by atoms with Crippen LogP contribution in [0.15, 0.2) is 48.5 Å². The number of rotatable bonds is 4. The lowest BCUT2D eigenvalue weighted by Gasteiger charge is -2.38. The fraction of sp³-hybridized carbons (Fsp3) is 0.462. The topological polar surface area (TPSA) is 76.7 Å². The molecule has 0 spiro atoms. The van der Waals surface area contributed by atoms with E-state index in [1.165, 1.54) is 0 Å². The second kappa shape index (κ2) is 9.24. The summed E-state index contributed by atoms with van der Waals surface area (Å²) in [5.41, 5.74) is 3.45. The number of carbonyl (C=O) groups is 2. The number of ether oxygens (including phenoxy) is 2. The normalized spacial score (nSPS) is 21.2. The molecule has 8 heteroatoms. The van der Waals surface area contributed by atoms with Crippen LogP contribution in [0.1, 0.15) is 57.1 Å². The standard InChI is InChI=1S/C26H30F2N2O4/c1-25(2,3)34-24(32)29-21-13-8-14-26(27,28)22(21)30-23(31)33-15-20-18-11-6-4-9-16(18)17-10-5-7-12-19(17)20/h4-7,9-12,20-22H,8,13-15H2,1-3H3,(H,29,32)(H,30,31)/t21-,22-/m1/s1. The molecule has 0 aromatic heterocycles. The Hall–Kier alpha value is -3.16. The van der Waals surface area contributed by atoms with Gasteiger partial charge < -0.3 is 20.1 Å². The van der Waals surface area contributed by atoms with E-state index in [2.05, 4.69) is 10.6 Å². The molecule has 1 saturated carbocycles. The molecular formula is C26H30F2N2O4. The summed E-state index contributed by atoms with van der Waals surface area (Å²) in [6, 6.07) is 13.2. The van der Waals surface area contributed by atoms with Gasteiger partial charge in [0.1, 0.15) is 18.2 Å². The number of benzene rings is 2. The van der Waals surface area contributed by atoms with Crippen LogP contribution in [0.4, 0.5) is 18.4 Å². The van der Waals surface area contributed by atoms with E-state index < -0.39 is 35.8 Å². The van der Waals surface area contributed by atoms with Gasteiger partial charge in [-0.3, -0.25) is 0 Å². The van der Waals surface area contributed by atoms with Crippen molar-refractivity contribution in [2.24, 2.45) is 0 Å². The van der Waals surface area contributed by atoms with Crippen LogP contribution >= 0.6 is 0 Å². The average molecular weight is 473 g/mol. The Morgan fingerprint density at radius 2 is 1.56 bits per heavy atom. The Balaban J connectivity index is 1.43. The Kier molecular flexibility index (Phi) is 6.51. The molecule has 0 bridgehead atoms. The largest absolute Gasteiger partial charge is 0.449 e. The second-order valence-corrected chi connectivity index (χ2v) is 9.85. The molecule has 2 aliphatic carbocycles. The Morgan fingerprint density at radius 3 is 2.15 bits per heavy atom. The van der Waals surface area contributed by atoms with Gasteiger partial charge in [0.15, 0.2) is 0 Å². The highest BCUT2D eigenvalue weighted by Gasteiger charge is 2.49. The van der Waals surface area contributed by atoms with E-state index >= 15 is 0 Å². The van der Waals surface area contributed by atoms with E-state index in [0.717, 1.165) is 22.3 Å². The minimum Gasteiger partial charge on any atom is -0.449 e. The van der Waals surface area contributed by atoms with Crippen molar-refractivity contribution in [3.05, 3.63) is 59.7 Å². The predicted octanol–water partition coefficient (Wildman–Crippen LogP) is 5.61. The van der Waals surface area contributed by atoms with Gasteiger partial charge >= 0.3 is 12.2 Å². The number of alkyl carbamates (subject to hydrolysis) is 2. The SMILES string of the molecule is CC(C)(C)OC(=O)N[C@@H]1CCCC(F)(F)[C@@H]1NC(=O)OCC1c2ccccc2-c2ccccc21. The van der Waals surface area contributed by atoms with Gasteiger partial charge in [0.05, 0.1) is 6.04 Å². The van der Waals surface area contributed by atoms with Crippen LogP contribution in [-0.4, -0.2) is 42.4 Å². The minimum atomic E-state index is -3.19. The third-order valence-corrected chi connectivity index (χ3v) is 6.20. The van der Waals surface area contributed by atoms with Gasteiger partial charge in [-0.15, -0.1) is 0 Å². The van der Waals surface area contributed by atoms with Crippen LogP contribution in [0.2, 0.25) is 0 Å². The number of amides is 2. The molecule has 2 N–H and O–H groups in total. The average Bonchev–Trinajstić information content (AvgIpc) is 3.07. The number of hydrogen-bond donors (Lipinski definition) is 2. The first-order chi connectivity index (χ1) is 16.0. The summed E-state index contributed by atoms with van der Waals surface area (Å²) < 4.78 is 40.1. The second-order valence-electron chi connectivity index (χ2n) is 9.85. The molecule has 0 radical (unpaired) electrons. The summed E-state index contributed by atoms with van der Waals surface area (Å²) in [7, 11) is 0. The molecule has 2 aromatic rings. The van der Waals surface area contributed by atoms with E-state index in [-0.39, 0.29) is 25.4 Å². The third-order valence-electron chi connectivity index (χ3n) is 6.20. The van der Waals surface area contributed by atoms with Crippen LogP contribution in [-0.2, 0) is 9.47 Å². The van der Waals surface area contributed by atoms with Gasteiger partial charge in [-0.05, 0) is 55.9 Å². The molecule has 2 aromatic carbocycles. The van der Waals surface area contributed by atoms with E-state index in [1.54, 1.807) is 20.8 Å². The molecule has 6 nitrogen and oxygen atoms in total. The summed E-state index contributed by atoms with van der Waals surface area (Å²) in [6.45, 7) is 5.08. The van der Waals surface area contributed by atoms with Crippen molar-refractivity contribution in [1.29, 1.82) is 0 Å². The van der Waals surface area contributed by atoms with Gasteiger partial charge in [0.2, 0.25) is 0 Å². The number of fused-ring (bicyclic) bond motifs is 3. The molecule has 0 saturated heterocycles. The van der Waals surface area contributed by atoms with Gasteiger partial charge in [0, 0.05) is 12.3 Å². The summed E-state index contributed by atoms with van der Waals surface area (Å²) in [5.74, 6) is -3.37. The predicted molar refractivity (Wildman–Crippen MR) is 124 cm³/mol. The maximum atomic E-state index is 14.7. The quantitative estimate of drug-likeness (QED) is 0.607. The molecule has 0 aliphatic heterocycles. The summed E-state index contributed by atoms with van der Waals surface area (Å²) in [5, 5.41) is 4.82. The highest BCUT2D eigenvalue weighted by atomic mass is 19.3. The molecule has 0 heterocycles.